The lowest BCUT2D eigenvalue weighted by Gasteiger charge is -2.34. The Bertz CT molecular complexity index is 578. The zero-order chi connectivity index (χ0) is 14.9. The number of sulfonamides is 1. The number of hydrogen-bond donors (Lipinski definition) is 0. The molecule has 0 aliphatic carbocycles. The van der Waals surface area contributed by atoms with Crippen LogP contribution < -0.4 is 4.74 Å². The van der Waals surface area contributed by atoms with Crippen LogP contribution in [0.5, 0.6) is 5.75 Å². The maximum Gasteiger partial charge on any atom is 0.246 e. The molecule has 0 radical (unpaired) electrons. The lowest BCUT2D eigenvalue weighted by Crippen LogP contribution is -2.42. The first kappa shape index (κ1) is 15.8. The molecule has 0 spiro atoms. The van der Waals surface area contributed by atoms with Crippen molar-refractivity contribution < 1.29 is 13.2 Å². The molecule has 2 atom stereocenters. The highest BCUT2D eigenvalue weighted by molar-refractivity contribution is 9.10. The van der Waals surface area contributed by atoms with E-state index in [-0.39, 0.29) is 4.90 Å². The Balaban J connectivity index is 2.42. The Morgan fingerprint density at radius 3 is 2.40 bits per heavy atom. The minimum atomic E-state index is -3.51. The average molecular weight is 362 g/mol. The molecule has 2 rings (SSSR count). The summed E-state index contributed by atoms with van der Waals surface area (Å²) in [5.74, 6) is 1.15. The van der Waals surface area contributed by atoms with Gasteiger partial charge < -0.3 is 4.74 Å². The Labute approximate surface area is 129 Å². The van der Waals surface area contributed by atoms with Crippen LogP contribution in [-0.4, -0.2) is 32.9 Å². The fourth-order valence-corrected chi connectivity index (χ4v) is 5.17. The molecule has 0 bridgehead atoms. The van der Waals surface area contributed by atoms with E-state index in [1.54, 1.807) is 22.5 Å². The average Bonchev–Trinajstić information content (AvgIpc) is 2.37. The largest absolute Gasteiger partial charge is 0.495 e. The quantitative estimate of drug-likeness (QED) is 0.830. The molecular formula is C14H20BrNO3S. The first-order chi connectivity index (χ1) is 9.34. The van der Waals surface area contributed by atoms with E-state index in [2.05, 4.69) is 29.8 Å². The van der Waals surface area contributed by atoms with Gasteiger partial charge in [-0.2, -0.15) is 4.31 Å². The topological polar surface area (TPSA) is 46.6 Å². The molecule has 0 aromatic heterocycles. The van der Waals surface area contributed by atoms with E-state index in [9.17, 15) is 8.42 Å². The number of halogens is 1. The molecule has 1 saturated heterocycles. The van der Waals surface area contributed by atoms with Crippen LogP contribution in [0.25, 0.3) is 0 Å². The minimum Gasteiger partial charge on any atom is -0.495 e. The van der Waals surface area contributed by atoms with Gasteiger partial charge >= 0.3 is 0 Å². The van der Waals surface area contributed by atoms with Crippen LogP contribution >= 0.6 is 15.9 Å². The van der Waals surface area contributed by atoms with Gasteiger partial charge in [-0.1, -0.05) is 29.8 Å². The van der Waals surface area contributed by atoms with Crippen molar-refractivity contribution in [2.75, 3.05) is 20.2 Å². The fraction of sp³-hybridized carbons (Fsp3) is 0.571. The second-order valence-corrected chi connectivity index (χ2v) is 8.39. The van der Waals surface area contributed by atoms with Crippen molar-refractivity contribution in [3.63, 3.8) is 0 Å². The van der Waals surface area contributed by atoms with Gasteiger partial charge in [-0.3, -0.25) is 0 Å². The maximum atomic E-state index is 12.8. The molecule has 0 saturated carbocycles. The highest BCUT2D eigenvalue weighted by atomic mass is 79.9. The van der Waals surface area contributed by atoms with E-state index in [4.69, 9.17) is 4.74 Å². The molecule has 1 aliphatic heterocycles. The highest BCUT2D eigenvalue weighted by Gasteiger charge is 2.33. The highest BCUT2D eigenvalue weighted by Crippen LogP contribution is 2.32. The monoisotopic (exact) mass is 361 g/mol. The summed E-state index contributed by atoms with van der Waals surface area (Å²) in [6, 6.07) is 5.06. The molecule has 1 heterocycles. The fourth-order valence-electron chi connectivity index (χ4n) is 2.79. The number of ether oxygens (including phenoxy) is 1. The summed E-state index contributed by atoms with van der Waals surface area (Å²) in [6.45, 7) is 5.33. The third-order valence-electron chi connectivity index (χ3n) is 3.58. The van der Waals surface area contributed by atoms with Crippen molar-refractivity contribution >= 4 is 26.0 Å². The summed E-state index contributed by atoms with van der Waals surface area (Å²) in [5.41, 5.74) is 0. The van der Waals surface area contributed by atoms with Crippen LogP contribution in [-0.2, 0) is 10.0 Å². The summed E-state index contributed by atoms with van der Waals surface area (Å²) < 4.78 is 33.2. The smallest absolute Gasteiger partial charge is 0.246 e. The van der Waals surface area contributed by atoms with Gasteiger partial charge in [0, 0.05) is 17.6 Å². The van der Waals surface area contributed by atoms with Gasteiger partial charge in [0.1, 0.15) is 10.6 Å². The second-order valence-electron chi connectivity index (χ2n) is 5.56. The number of hydrogen-bond acceptors (Lipinski definition) is 3. The molecule has 6 heteroatoms. The van der Waals surface area contributed by atoms with Gasteiger partial charge in [0.2, 0.25) is 10.0 Å². The first-order valence-corrected chi connectivity index (χ1v) is 8.91. The molecule has 0 unspecified atom stereocenters. The van der Waals surface area contributed by atoms with E-state index < -0.39 is 10.0 Å². The number of benzene rings is 1. The van der Waals surface area contributed by atoms with E-state index in [0.29, 0.717) is 30.7 Å². The van der Waals surface area contributed by atoms with Crippen LogP contribution in [0.4, 0.5) is 0 Å². The number of methoxy groups -OCH3 is 1. The Kier molecular flexibility index (Phi) is 4.76. The lowest BCUT2D eigenvalue weighted by atomic mass is 9.94. The second kappa shape index (κ2) is 6.03. The molecule has 0 amide bonds. The summed E-state index contributed by atoms with van der Waals surface area (Å²) >= 11 is 3.33. The summed E-state index contributed by atoms with van der Waals surface area (Å²) in [6.07, 6.45) is 1.07. The van der Waals surface area contributed by atoms with Gasteiger partial charge in [0.05, 0.1) is 7.11 Å². The predicted molar refractivity (Wildman–Crippen MR) is 82.4 cm³/mol. The van der Waals surface area contributed by atoms with Gasteiger partial charge in [0.15, 0.2) is 0 Å². The van der Waals surface area contributed by atoms with Crippen LogP contribution in [0.1, 0.15) is 20.3 Å². The van der Waals surface area contributed by atoms with Crippen molar-refractivity contribution in [3.05, 3.63) is 22.7 Å². The van der Waals surface area contributed by atoms with Gasteiger partial charge in [-0.15, -0.1) is 0 Å². The van der Waals surface area contributed by atoms with Crippen LogP contribution in [0.15, 0.2) is 27.6 Å². The summed E-state index contributed by atoms with van der Waals surface area (Å²) in [5, 5.41) is 0. The normalized spacial score (nSPS) is 24.6. The molecule has 1 aromatic rings. The molecule has 0 N–H and O–H groups in total. The standard InChI is InChI=1S/C14H20BrNO3S/c1-10-6-11(2)9-16(8-10)20(17,18)14-7-12(15)4-5-13(14)19-3/h4-5,7,10-11H,6,8-9H2,1-3H3/t10-,11-/m0/s1. The van der Waals surface area contributed by atoms with Crippen LogP contribution in [0.2, 0.25) is 0 Å². The van der Waals surface area contributed by atoms with E-state index >= 15 is 0 Å². The Hall–Kier alpha value is -0.590. The minimum absolute atomic E-state index is 0.232. The molecule has 112 valence electrons. The van der Waals surface area contributed by atoms with E-state index in [0.717, 1.165) is 10.9 Å². The Morgan fingerprint density at radius 2 is 1.85 bits per heavy atom. The maximum absolute atomic E-state index is 12.8. The van der Waals surface area contributed by atoms with Gasteiger partial charge in [-0.05, 0) is 36.5 Å². The summed E-state index contributed by atoms with van der Waals surface area (Å²) in [4.78, 5) is 0.232. The van der Waals surface area contributed by atoms with Crippen LogP contribution in [0, 0.1) is 11.8 Å². The number of piperidine rings is 1. The van der Waals surface area contributed by atoms with Gasteiger partial charge in [-0.25, -0.2) is 8.42 Å². The zero-order valence-electron chi connectivity index (χ0n) is 12.0. The van der Waals surface area contributed by atoms with E-state index in [1.165, 1.54) is 7.11 Å². The molecule has 4 nitrogen and oxygen atoms in total. The molecule has 1 fully saturated rings. The van der Waals surface area contributed by atoms with Crippen molar-refractivity contribution in [1.82, 2.24) is 4.31 Å². The summed E-state index contributed by atoms with van der Waals surface area (Å²) in [7, 11) is -2.02. The third kappa shape index (κ3) is 3.18. The molecule has 20 heavy (non-hydrogen) atoms. The molecule has 1 aromatic carbocycles. The predicted octanol–water partition coefficient (Wildman–Crippen LogP) is 3.12. The van der Waals surface area contributed by atoms with E-state index in [1.807, 2.05) is 0 Å². The zero-order valence-corrected chi connectivity index (χ0v) is 14.4. The van der Waals surface area contributed by atoms with Crippen molar-refractivity contribution in [1.29, 1.82) is 0 Å². The Morgan fingerprint density at radius 1 is 1.25 bits per heavy atom. The third-order valence-corrected chi connectivity index (χ3v) is 5.92. The van der Waals surface area contributed by atoms with Gasteiger partial charge in [0.25, 0.3) is 0 Å². The van der Waals surface area contributed by atoms with Crippen molar-refractivity contribution in [3.8, 4) is 5.75 Å². The molecular weight excluding hydrogens is 342 g/mol. The van der Waals surface area contributed by atoms with Crippen LogP contribution in [0.3, 0.4) is 0 Å². The first-order valence-electron chi connectivity index (χ1n) is 6.68. The van der Waals surface area contributed by atoms with Crippen molar-refractivity contribution in [2.24, 2.45) is 11.8 Å². The number of rotatable bonds is 3. The van der Waals surface area contributed by atoms with Crippen molar-refractivity contribution in [2.45, 2.75) is 25.2 Å². The molecule has 1 aliphatic rings. The number of nitrogens with zero attached hydrogens (tertiary/aromatic N) is 1. The lowest BCUT2D eigenvalue weighted by molar-refractivity contribution is 0.222. The SMILES string of the molecule is COc1ccc(Br)cc1S(=O)(=O)N1C[C@@H](C)C[C@H](C)C1.